The number of unbranched alkanes of at least 4 members (excludes halogenated alkanes) is 4. The Morgan fingerprint density at radius 2 is 1.62 bits per heavy atom. The van der Waals surface area contributed by atoms with Crippen molar-refractivity contribution in [3.05, 3.63) is 35.4 Å². The lowest BCUT2D eigenvalue weighted by Gasteiger charge is -2.34. The maximum atomic E-state index is 14.1. The van der Waals surface area contributed by atoms with Crippen LogP contribution in [0.3, 0.4) is 0 Å². The van der Waals surface area contributed by atoms with E-state index >= 15 is 0 Å². The zero-order chi connectivity index (χ0) is 27.8. The molecule has 8 heteroatoms. The van der Waals surface area contributed by atoms with Gasteiger partial charge in [-0.1, -0.05) is 69.4 Å². The summed E-state index contributed by atoms with van der Waals surface area (Å²) in [6, 6.07) is 6.21. The van der Waals surface area contributed by atoms with Crippen LogP contribution in [-0.4, -0.2) is 59.5 Å². The van der Waals surface area contributed by atoms with Gasteiger partial charge in [-0.25, -0.2) is 4.79 Å². The van der Waals surface area contributed by atoms with Gasteiger partial charge >= 0.3 is 6.09 Å². The largest absolute Gasteiger partial charge is 0.444 e. The summed E-state index contributed by atoms with van der Waals surface area (Å²) in [4.78, 5) is 42.0. The number of nitrogens with zero attached hydrogens (tertiary/aromatic N) is 1. The van der Waals surface area contributed by atoms with E-state index in [1.165, 1.54) is 0 Å². The molecule has 3 amide bonds. The van der Waals surface area contributed by atoms with E-state index in [9.17, 15) is 14.4 Å². The highest BCUT2D eigenvalue weighted by atomic mass is 32.2. The molecule has 1 aromatic rings. The lowest BCUT2D eigenvalue weighted by Crippen LogP contribution is -2.53. The molecule has 0 aromatic heterocycles. The summed E-state index contributed by atoms with van der Waals surface area (Å²) in [5.74, 6) is 0.240. The van der Waals surface area contributed by atoms with E-state index in [1.807, 2.05) is 37.4 Å². The number of thioether (sulfide) groups is 1. The first-order chi connectivity index (χ1) is 17.5. The topological polar surface area (TPSA) is 87.7 Å². The zero-order valence-corrected chi connectivity index (χ0v) is 24.8. The van der Waals surface area contributed by atoms with Gasteiger partial charge < -0.3 is 20.3 Å². The molecule has 0 spiro atoms. The minimum atomic E-state index is -0.787. The first-order valence-corrected chi connectivity index (χ1v) is 15.1. The molecule has 2 unspecified atom stereocenters. The molecule has 0 radical (unpaired) electrons. The van der Waals surface area contributed by atoms with Gasteiger partial charge in [0.15, 0.2) is 0 Å². The van der Waals surface area contributed by atoms with Crippen LogP contribution in [0.1, 0.15) is 96.7 Å². The number of carbonyl (C=O) groups excluding carboxylic acids is 3. The van der Waals surface area contributed by atoms with Crippen LogP contribution in [0, 0.1) is 6.92 Å². The van der Waals surface area contributed by atoms with Crippen molar-refractivity contribution in [2.45, 2.75) is 104 Å². The second-order valence-corrected chi connectivity index (χ2v) is 11.5. The third-order valence-corrected chi connectivity index (χ3v) is 6.56. The van der Waals surface area contributed by atoms with E-state index in [-0.39, 0.29) is 11.8 Å². The summed E-state index contributed by atoms with van der Waals surface area (Å²) in [6.07, 6.45) is 7.48. The molecule has 37 heavy (non-hydrogen) atoms. The Labute approximate surface area is 228 Å². The maximum Gasteiger partial charge on any atom is 0.408 e. The fourth-order valence-electron chi connectivity index (χ4n) is 3.95. The van der Waals surface area contributed by atoms with Crippen molar-refractivity contribution in [1.29, 1.82) is 0 Å². The first-order valence-electron chi connectivity index (χ1n) is 13.7. The van der Waals surface area contributed by atoms with E-state index in [2.05, 4.69) is 24.5 Å². The standard InChI is InChI=1S/C29H49N3O4S/c1-8-10-12-19-30-26(33)25(23-16-14-22(3)15-17-23)32(20-13-11-9-2)27(34)24(18-21-37-7)31-28(35)36-29(4,5)6/h14-17,24-25H,8-13,18-21H2,1-7H3,(H,30,33)(H,31,35). The van der Waals surface area contributed by atoms with Gasteiger partial charge in [0.2, 0.25) is 11.8 Å². The Morgan fingerprint density at radius 3 is 2.19 bits per heavy atom. The molecule has 0 aliphatic heterocycles. The second kappa shape index (κ2) is 17.3. The minimum Gasteiger partial charge on any atom is -0.444 e. The highest BCUT2D eigenvalue weighted by Crippen LogP contribution is 2.25. The van der Waals surface area contributed by atoms with Gasteiger partial charge in [-0.15, -0.1) is 0 Å². The van der Waals surface area contributed by atoms with Gasteiger partial charge in [-0.2, -0.15) is 11.8 Å². The highest BCUT2D eigenvalue weighted by Gasteiger charge is 2.35. The summed E-state index contributed by atoms with van der Waals surface area (Å²) < 4.78 is 5.45. The summed E-state index contributed by atoms with van der Waals surface area (Å²) in [6.45, 7) is 12.6. The predicted molar refractivity (Wildman–Crippen MR) is 154 cm³/mol. The molecule has 1 rings (SSSR count). The number of hydrogen-bond acceptors (Lipinski definition) is 5. The predicted octanol–water partition coefficient (Wildman–Crippen LogP) is 6.01. The molecule has 0 aliphatic carbocycles. The number of alkyl carbamates (subject to hydrolysis) is 1. The van der Waals surface area contributed by atoms with E-state index in [0.29, 0.717) is 25.3 Å². The highest BCUT2D eigenvalue weighted by molar-refractivity contribution is 7.98. The third-order valence-electron chi connectivity index (χ3n) is 5.92. The van der Waals surface area contributed by atoms with Gasteiger partial charge in [0.1, 0.15) is 17.7 Å². The number of carbonyl (C=O) groups is 3. The molecule has 0 heterocycles. The van der Waals surface area contributed by atoms with Gasteiger partial charge in [0.05, 0.1) is 0 Å². The lowest BCUT2D eigenvalue weighted by atomic mass is 10.0. The number of hydrogen-bond donors (Lipinski definition) is 2. The van der Waals surface area contributed by atoms with Crippen molar-refractivity contribution in [2.24, 2.45) is 0 Å². The summed E-state index contributed by atoms with van der Waals surface area (Å²) in [7, 11) is 0. The molecular formula is C29H49N3O4S. The minimum absolute atomic E-state index is 0.189. The molecule has 7 nitrogen and oxygen atoms in total. The van der Waals surface area contributed by atoms with Crippen LogP contribution in [0.4, 0.5) is 4.79 Å². The molecule has 210 valence electrons. The van der Waals surface area contributed by atoms with Crippen molar-refractivity contribution in [2.75, 3.05) is 25.1 Å². The fourth-order valence-corrected chi connectivity index (χ4v) is 4.42. The Hall–Kier alpha value is -2.22. The molecule has 0 bridgehead atoms. The summed E-state index contributed by atoms with van der Waals surface area (Å²) >= 11 is 1.61. The number of aryl methyl sites for hydroxylation is 1. The van der Waals surface area contributed by atoms with Gasteiger partial charge in [-0.3, -0.25) is 9.59 Å². The first kappa shape index (κ1) is 32.8. The molecule has 2 N–H and O–H groups in total. The Balaban J connectivity index is 3.37. The smallest absolute Gasteiger partial charge is 0.408 e. The van der Waals surface area contributed by atoms with Crippen LogP contribution < -0.4 is 10.6 Å². The lowest BCUT2D eigenvalue weighted by molar-refractivity contribution is -0.142. The van der Waals surface area contributed by atoms with Crippen LogP contribution in [0.15, 0.2) is 24.3 Å². The number of rotatable bonds is 16. The number of amides is 3. The van der Waals surface area contributed by atoms with E-state index in [0.717, 1.165) is 49.7 Å². The normalized spacial score (nSPS) is 12.9. The summed E-state index contributed by atoms with van der Waals surface area (Å²) in [5, 5.41) is 5.86. The molecule has 0 fully saturated rings. The van der Waals surface area contributed by atoms with Crippen LogP contribution in [0.5, 0.6) is 0 Å². The van der Waals surface area contributed by atoms with Crippen LogP contribution in [-0.2, 0) is 14.3 Å². The van der Waals surface area contributed by atoms with Gasteiger partial charge in [-0.05, 0) is 64.5 Å². The molecule has 0 aliphatic rings. The van der Waals surface area contributed by atoms with Crippen LogP contribution in [0.2, 0.25) is 0 Å². The monoisotopic (exact) mass is 535 g/mol. The molecular weight excluding hydrogens is 486 g/mol. The second-order valence-electron chi connectivity index (χ2n) is 10.5. The number of ether oxygens (including phenoxy) is 1. The number of benzene rings is 1. The Bertz CT molecular complexity index is 823. The van der Waals surface area contributed by atoms with Crippen molar-refractivity contribution in [1.82, 2.24) is 15.5 Å². The van der Waals surface area contributed by atoms with Crippen molar-refractivity contribution < 1.29 is 19.1 Å². The Kier molecular flexibility index (Phi) is 15.4. The quantitative estimate of drug-likeness (QED) is 0.253. The van der Waals surface area contributed by atoms with E-state index < -0.39 is 23.8 Å². The van der Waals surface area contributed by atoms with Crippen LogP contribution >= 0.6 is 11.8 Å². The van der Waals surface area contributed by atoms with Gasteiger partial charge in [0.25, 0.3) is 0 Å². The molecule has 0 saturated heterocycles. The SMILES string of the molecule is CCCCCNC(=O)C(c1ccc(C)cc1)N(CCCCC)C(=O)C(CCSC)NC(=O)OC(C)(C)C. The maximum absolute atomic E-state index is 14.1. The average molecular weight is 536 g/mol. The molecule has 0 saturated carbocycles. The van der Waals surface area contributed by atoms with Crippen LogP contribution in [0.25, 0.3) is 0 Å². The van der Waals surface area contributed by atoms with Crippen molar-refractivity contribution in [3.63, 3.8) is 0 Å². The van der Waals surface area contributed by atoms with Gasteiger partial charge in [0, 0.05) is 13.1 Å². The Morgan fingerprint density at radius 1 is 1.00 bits per heavy atom. The third kappa shape index (κ3) is 12.7. The van der Waals surface area contributed by atoms with Crippen molar-refractivity contribution in [3.8, 4) is 0 Å². The average Bonchev–Trinajstić information content (AvgIpc) is 2.83. The van der Waals surface area contributed by atoms with Crippen molar-refractivity contribution >= 4 is 29.7 Å². The zero-order valence-electron chi connectivity index (χ0n) is 24.0. The molecule has 1 aromatic carbocycles. The molecule has 2 atom stereocenters. The fraction of sp³-hybridized carbons (Fsp3) is 0.690. The number of nitrogens with one attached hydrogen (secondary N) is 2. The summed E-state index contributed by atoms with van der Waals surface area (Å²) in [5.41, 5.74) is 1.17. The van der Waals surface area contributed by atoms with E-state index in [1.54, 1.807) is 37.4 Å². The van der Waals surface area contributed by atoms with E-state index in [4.69, 9.17) is 4.74 Å².